The summed E-state index contributed by atoms with van der Waals surface area (Å²) in [6.07, 6.45) is 5.42. The Bertz CT molecular complexity index is 401. The first kappa shape index (κ1) is 15.1. The monoisotopic (exact) mass is 278 g/mol. The van der Waals surface area contributed by atoms with Crippen molar-refractivity contribution >= 4 is 0 Å². The highest BCUT2D eigenvalue weighted by Gasteiger charge is 2.08. The van der Waals surface area contributed by atoms with Crippen LogP contribution in [0.3, 0.4) is 0 Å². The molecule has 1 fully saturated rings. The summed E-state index contributed by atoms with van der Waals surface area (Å²) >= 11 is 0. The molecule has 1 aromatic carbocycles. The molecule has 1 aliphatic rings. The lowest BCUT2D eigenvalue weighted by Gasteiger charge is -2.19. The first-order valence-corrected chi connectivity index (χ1v) is 7.58. The quantitative estimate of drug-likeness (QED) is 0.784. The minimum atomic E-state index is 0.298. The van der Waals surface area contributed by atoms with Crippen LogP contribution in [0.5, 0.6) is 11.5 Å². The smallest absolute Gasteiger partial charge is 0.123 e. The van der Waals surface area contributed by atoms with Crippen LogP contribution in [0, 0.1) is 0 Å². The third kappa shape index (κ3) is 4.69. The molecule has 2 N–H and O–H groups in total. The third-order valence-electron chi connectivity index (χ3n) is 3.91. The average Bonchev–Trinajstić information content (AvgIpc) is 2.73. The maximum Gasteiger partial charge on any atom is 0.123 e. The number of phenols is 1. The maximum absolute atomic E-state index is 9.88. The van der Waals surface area contributed by atoms with Crippen molar-refractivity contribution in [2.24, 2.45) is 0 Å². The van der Waals surface area contributed by atoms with Crippen LogP contribution in [-0.4, -0.2) is 43.3 Å². The van der Waals surface area contributed by atoms with Gasteiger partial charge in [0.2, 0.25) is 0 Å². The summed E-state index contributed by atoms with van der Waals surface area (Å²) < 4.78 is 5.08. The molecule has 1 heterocycles. The summed E-state index contributed by atoms with van der Waals surface area (Å²) in [5.41, 5.74) is 0.918. The summed E-state index contributed by atoms with van der Waals surface area (Å²) in [6.45, 7) is 5.22. The Balaban J connectivity index is 1.70. The molecule has 20 heavy (non-hydrogen) atoms. The molecule has 112 valence electrons. The van der Waals surface area contributed by atoms with Crippen molar-refractivity contribution in [1.29, 1.82) is 0 Å². The van der Waals surface area contributed by atoms with E-state index in [9.17, 15) is 5.11 Å². The predicted octanol–water partition coefficient (Wildman–Crippen LogP) is 2.37. The number of hydrogen-bond donors (Lipinski definition) is 2. The zero-order chi connectivity index (χ0) is 14.2. The van der Waals surface area contributed by atoms with E-state index >= 15 is 0 Å². The molecule has 0 saturated carbocycles. The van der Waals surface area contributed by atoms with E-state index in [1.165, 1.54) is 38.8 Å². The van der Waals surface area contributed by atoms with Crippen molar-refractivity contribution in [3.63, 3.8) is 0 Å². The Morgan fingerprint density at radius 3 is 2.60 bits per heavy atom. The molecule has 4 heteroatoms. The van der Waals surface area contributed by atoms with Crippen LogP contribution < -0.4 is 10.1 Å². The van der Waals surface area contributed by atoms with E-state index in [1.54, 1.807) is 13.2 Å². The van der Waals surface area contributed by atoms with Gasteiger partial charge < -0.3 is 20.1 Å². The molecular weight excluding hydrogens is 252 g/mol. The zero-order valence-electron chi connectivity index (χ0n) is 12.4. The van der Waals surface area contributed by atoms with E-state index in [2.05, 4.69) is 10.2 Å². The van der Waals surface area contributed by atoms with Crippen molar-refractivity contribution < 1.29 is 9.84 Å². The number of ether oxygens (including phenoxy) is 1. The fourth-order valence-corrected chi connectivity index (χ4v) is 2.64. The number of rotatable bonds is 6. The van der Waals surface area contributed by atoms with Gasteiger partial charge in [-0.25, -0.2) is 0 Å². The Labute approximate surface area is 121 Å². The molecular formula is C16H26N2O2. The molecule has 0 bridgehead atoms. The summed E-state index contributed by atoms with van der Waals surface area (Å²) in [7, 11) is 1.61. The van der Waals surface area contributed by atoms with Crippen LogP contribution in [0.4, 0.5) is 0 Å². The van der Waals surface area contributed by atoms with E-state index < -0.39 is 0 Å². The molecule has 0 spiro atoms. The number of nitrogens with zero attached hydrogens (tertiary/aromatic N) is 1. The van der Waals surface area contributed by atoms with Gasteiger partial charge in [0.15, 0.2) is 0 Å². The molecule has 4 nitrogen and oxygen atoms in total. The van der Waals surface area contributed by atoms with Crippen molar-refractivity contribution in [2.45, 2.75) is 32.2 Å². The third-order valence-corrected chi connectivity index (χ3v) is 3.91. The molecule has 0 amide bonds. The zero-order valence-corrected chi connectivity index (χ0v) is 12.4. The van der Waals surface area contributed by atoms with Crippen molar-refractivity contribution in [2.75, 3.05) is 33.3 Å². The molecule has 0 aromatic heterocycles. The first-order chi connectivity index (χ1) is 9.79. The van der Waals surface area contributed by atoms with Crippen molar-refractivity contribution in [3.8, 4) is 11.5 Å². The molecule has 0 aliphatic carbocycles. The lowest BCUT2D eigenvalue weighted by Crippen LogP contribution is -2.32. The number of phenolic OH excluding ortho intramolecular Hbond substituents is 1. The molecule has 0 radical (unpaired) electrons. The second kappa shape index (κ2) is 8.12. The van der Waals surface area contributed by atoms with Crippen LogP contribution in [0.15, 0.2) is 18.2 Å². The Kier molecular flexibility index (Phi) is 6.15. The number of likely N-dealkylation sites (tertiary alicyclic amines) is 1. The van der Waals surface area contributed by atoms with Crippen molar-refractivity contribution in [3.05, 3.63) is 23.8 Å². The lowest BCUT2D eigenvalue weighted by atomic mass is 10.2. The van der Waals surface area contributed by atoms with Gasteiger partial charge in [-0.3, -0.25) is 0 Å². The highest BCUT2D eigenvalue weighted by atomic mass is 16.5. The fraction of sp³-hybridized carbons (Fsp3) is 0.625. The highest BCUT2D eigenvalue weighted by molar-refractivity contribution is 5.39. The second-order valence-electron chi connectivity index (χ2n) is 5.43. The van der Waals surface area contributed by atoms with E-state index in [0.717, 1.165) is 18.7 Å². The molecule has 1 aliphatic heterocycles. The summed E-state index contributed by atoms with van der Waals surface area (Å²) in [6, 6.07) is 5.45. The van der Waals surface area contributed by atoms with Crippen molar-refractivity contribution in [1.82, 2.24) is 10.2 Å². The highest BCUT2D eigenvalue weighted by Crippen LogP contribution is 2.22. The standard InChI is InChI=1S/C16H26N2O2/c1-20-15-7-6-14(16(19)12-15)13-17-8-11-18-9-4-2-3-5-10-18/h6-7,12,17,19H,2-5,8-11,13H2,1H3. The average molecular weight is 278 g/mol. The van der Waals surface area contributed by atoms with E-state index in [0.29, 0.717) is 18.0 Å². The largest absolute Gasteiger partial charge is 0.507 e. The number of methoxy groups -OCH3 is 1. The van der Waals surface area contributed by atoms with Gasteiger partial charge in [-0.05, 0) is 32.0 Å². The topological polar surface area (TPSA) is 44.7 Å². The molecule has 1 aromatic rings. The van der Waals surface area contributed by atoms with E-state index in [1.807, 2.05) is 12.1 Å². The summed E-state index contributed by atoms with van der Waals surface area (Å²) in [4.78, 5) is 2.54. The molecule has 1 saturated heterocycles. The molecule has 0 atom stereocenters. The van der Waals surface area contributed by atoms with Gasteiger partial charge in [0.1, 0.15) is 11.5 Å². The van der Waals surface area contributed by atoms with Gasteiger partial charge in [-0.1, -0.05) is 18.9 Å². The van der Waals surface area contributed by atoms with Gasteiger partial charge in [-0.2, -0.15) is 0 Å². The van der Waals surface area contributed by atoms with Gasteiger partial charge >= 0.3 is 0 Å². The Morgan fingerprint density at radius 2 is 1.95 bits per heavy atom. The van der Waals surface area contributed by atoms with Gasteiger partial charge in [0.05, 0.1) is 7.11 Å². The minimum Gasteiger partial charge on any atom is -0.507 e. The lowest BCUT2D eigenvalue weighted by molar-refractivity contribution is 0.284. The van der Waals surface area contributed by atoms with E-state index in [4.69, 9.17) is 4.74 Å². The SMILES string of the molecule is COc1ccc(CNCCN2CCCCCC2)c(O)c1. The minimum absolute atomic E-state index is 0.298. The number of nitrogens with one attached hydrogen (secondary N) is 1. The Morgan fingerprint density at radius 1 is 1.20 bits per heavy atom. The van der Waals surface area contributed by atoms with Crippen LogP contribution >= 0.6 is 0 Å². The molecule has 2 rings (SSSR count). The van der Waals surface area contributed by atoms with Gasteiger partial charge in [0.25, 0.3) is 0 Å². The molecule has 0 unspecified atom stereocenters. The number of hydrogen-bond acceptors (Lipinski definition) is 4. The van der Waals surface area contributed by atoms with Crippen LogP contribution in [0.2, 0.25) is 0 Å². The van der Waals surface area contributed by atoms with Crippen LogP contribution in [0.1, 0.15) is 31.2 Å². The van der Waals surface area contributed by atoms with Gasteiger partial charge in [0, 0.05) is 31.3 Å². The second-order valence-corrected chi connectivity index (χ2v) is 5.43. The van der Waals surface area contributed by atoms with E-state index in [-0.39, 0.29) is 0 Å². The van der Waals surface area contributed by atoms with Crippen LogP contribution in [0.25, 0.3) is 0 Å². The fourth-order valence-electron chi connectivity index (χ4n) is 2.64. The predicted molar refractivity (Wildman–Crippen MR) is 81.3 cm³/mol. The maximum atomic E-state index is 9.88. The number of benzene rings is 1. The van der Waals surface area contributed by atoms with Gasteiger partial charge in [-0.15, -0.1) is 0 Å². The Hall–Kier alpha value is -1.26. The summed E-state index contributed by atoms with van der Waals surface area (Å²) in [5.74, 6) is 0.988. The summed E-state index contributed by atoms with van der Waals surface area (Å²) in [5, 5.41) is 13.3. The van der Waals surface area contributed by atoms with Crippen LogP contribution in [-0.2, 0) is 6.54 Å². The first-order valence-electron chi connectivity index (χ1n) is 7.58. The number of aromatic hydroxyl groups is 1. The normalized spacial score (nSPS) is 16.9.